The van der Waals surface area contributed by atoms with Gasteiger partial charge in [0, 0.05) is 11.5 Å². The molecule has 3 rings (SSSR count). The Bertz CT molecular complexity index is 839. The van der Waals surface area contributed by atoms with Gasteiger partial charge >= 0.3 is 0 Å². The zero-order valence-corrected chi connectivity index (χ0v) is 15.3. The van der Waals surface area contributed by atoms with Crippen molar-refractivity contribution in [2.75, 3.05) is 13.2 Å². The summed E-state index contributed by atoms with van der Waals surface area (Å²) in [6.45, 7) is 3.36. The lowest BCUT2D eigenvalue weighted by atomic mass is 10.0. The van der Waals surface area contributed by atoms with Gasteiger partial charge in [-0.3, -0.25) is 0 Å². The molecule has 2 nitrogen and oxygen atoms in total. The Morgan fingerprint density at radius 1 is 1.00 bits per heavy atom. The Kier molecular flexibility index (Phi) is 6.75. The summed E-state index contributed by atoms with van der Waals surface area (Å²) in [6, 6.07) is 11.2. The SMILES string of the molecule is CCCC=CC1COC(C#Cc2ccc(-c3ccc(F)c(F)c3)cc2)OC1. The quantitative estimate of drug-likeness (QED) is 0.536. The van der Waals surface area contributed by atoms with Crippen LogP contribution in [0.3, 0.4) is 0 Å². The topological polar surface area (TPSA) is 18.5 Å². The number of unbranched alkanes of at least 4 members (excludes halogenated alkanes) is 1. The van der Waals surface area contributed by atoms with Crippen LogP contribution in [0.4, 0.5) is 8.78 Å². The summed E-state index contributed by atoms with van der Waals surface area (Å²) in [7, 11) is 0. The van der Waals surface area contributed by atoms with Gasteiger partial charge in [-0.25, -0.2) is 8.78 Å². The first-order valence-electron chi connectivity index (χ1n) is 9.12. The normalized spacial score (nSPS) is 19.7. The van der Waals surface area contributed by atoms with E-state index in [0.29, 0.717) is 18.8 Å². The largest absolute Gasteiger partial charge is 0.341 e. The maximum Gasteiger partial charge on any atom is 0.222 e. The average Bonchev–Trinajstić information content (AvgIpc) is 2.70. The zero-order valence-electron chi connectivity index (χ0n) is 15.3. The number of hydrogen-bond donors (Lipinski definition) is 0. The van der Waals surface area contributed by atoms with E-state index in [0.717, 1.165) is 30.0 Å². The van der Waals surface area contributed by atoms with Crippen LogP contribution in [0.25, 0.3) is 11.1 Å². The van der Waals surface area contributed by atoms with Crippen molar-refractivity contribution in [1.82, 2.24) is 0 Å². The fraction of sp³-hybridized carbons (Fsp3) is 0.304. The minimum absolute atomic E-state index is 0.282. The van der Waals surface area contributed by atoms with Crippen LogP contribution in [-0.4, -0.2) is 19.5 Å². The molecule has 0 unspecified atom stereocenters. The van der Waals surface area contributed by atoms with Crippen LogP contribution >= 0.6 is 0 Å². The molecule has 0 aliphatic carbocycles. The van der Waals surface area contributed by atoms with Crippen LogP contribution in [0, 0.1) is 29.4 Å². The van der Waals surface area contributed by atoms with Crippen molar-refractivity contribution in [2.45, 2.75) is 26.1 Å². The molecule has 0 aromatic heterocycles. The standard InChI is InChI=1S/C23H22F2O2/c1-2-3-4-5-18-15-26-23(27-16-18)13-8-17-6-9-19(10-7-17)20-11-12-21(24)22(25)14-20/h4-7,9-12,14,18,23H,2-3,15-16H2,1H3. The van der Waals surface area contributed by atoms with Crippen LogP contribution in [-0.2, 0) is 9.47 Å². The Labute approximate surface area is 158 Å². The summed E-state index contributed by atoms with van der Waals surface area (Å²) in [5.41, 5.74) is 2.22. The second kappa shape index (κ2) is 9.45. The smallest absolute Gasteiger partial charge is 0.222 e. The molecular weight excluding hydrogens is 346 g/mol. The molecule has 0 bridgehead atoms. The zero-order chi connectivity index (χ0) is 19.1. The molecule has 140 valence electrons. The Morgan fingerprint density at radius 2 is 1.70 bits per heavy atom. The number of ether oxygens (including phenoxy) is 2. The second-order valence-electron chi connectivity index (χ2n) is 6.45. The molecule has 1 saturated heterocycles. The van der Waals surface area contributed by atoms with Gasteiger partial charge in [0.15, 0.2) is 11.6 Å². The number of rotatable bonds is 4. The van der Waals surface area contributed by atoms with E-state index in [1.807, 2.05) is 24.3 Å². The first-order valence-corrected chi connectivity index (χ1v) is 9.12. The highest BCUT2D eigenvalue weighted by atomic mass is 19.2. The third-order valence-electron chi connectivity index (χ3n) is 4.26. The molecule has 27 heavy (non-hydrogen) atoms. The van der Waals surface area contributed by atoms with Gasteiger partial charge in [0.1, 0.15) is 0 Å². The highest BCUT2D eigenvalue weighted by Crippen LogP contribution is 2.22. The van der Waals surface area contributed by atoms with Crippen molar-refractivity contribution in [3.8, 4) is 23.0 Å². The minimum Gasteiger partial charge on any atom is -0.341 e. The second-order valence-corrected chi connectivity index (χ2v) is 6.45. The maximum absolute atomic E-state index is 13.4. The van der Waals surface area contributed by atoms with Crippen molar-refractivity contribution in [3.05, 3.63) is 71.8 Å². The Hall–Kier alpha value is -2.48. The molecule has 1 aliphatic heterocycles. The summed E-state index contributed by atoms with van der Waals surface area (Å²) in [4.78, 5) is 0. The minimum atomic E-state index is -0.856. The van der Waals surface area contributed by atoms with E-state index in [1.165, 1.54) is 6.07 Å². The van der Waals surface area contributed by atoms with E-state index in [1.54, 1.807) is 6.07 Å². The molecular formula is C23H22F2O2. The molecule has 1 fully saturated rings. The molecule has 1 heterocycles. The first-order chi connectivity index (χ1) is 13.2. The lowest BCUT2D eigenvalue weighted by molar-refractivity contribution is -0.160. The van der Waals surface area contributed by atoms with Gasteiger partial charge in [-0.1, -0.05) is 49.6 Å². The van der Waals surface area contributed by atoms with Gasteiger partial charge in [0.05, 0.1) is 13.2 Å². The van der Waals surface area contributed by atoms with Crippen LogP contribution in [0.1, 0.15) is 25.3 Å². The average molecular weight is 368 g/mol. The van der Waals surface area contributed by atoms with Crippen molar-refractivity contribution in [3.63, 3.8) is 0 Å². The Morgan fingerprint density at radius 3 is 2.37 bits per heavy atom. The molecule has 1 aliphatic rings. The lowest BCUT2D eigenvalue weighted by Gasteiger charge is -2.24. The third-order valence-corrected chi connectivity index (χ3v) is 4.26. The molecule has 2 aromatic carbocycles. The number of hydrogen-bond acceptors (Lipinski definition) is 2. The van der Waals surface area contributed by atoms with Gasteiger partial charge < -0.3 is 9.47 Å². The molecule has 0 saturated carbocycles. The molecule has 4 heteroatoms. The number of halogens is 2. The molecule has 0 amide bonds. The molecule has 0 atom stereocenters. The number of allylic oxidation sites excluding steroid dienone is 1. The van der Waals surface area contributed by atoms with E-state index in [-0.39, 0.29) is 5.92 Å². The maximum atomic E-state index is 13.4. The van der Waals surface area contributed by atoms with Gasteiger partial charge in [-0.05, 0) is 47.7 Å². The van der Waals surface area contributed by atoms with Crippen molar-refractivity contribution >= 4 is 0 Å². The van der Waals surface area contributed by atoms with E-state index in [9.17, 15) is 8.78 Å². The van der Waals surface area contributed by atoms with Crippen molar-refractivity contribution < 1.29 is 18.3 Å². The first kappa shape index (κ1) is 19.3. The summed E-state index contributed by atoms with van der Waals surface area (Å²) >= 11 is 0. The van der Waals surface area contributed by atoms with Gasteiger partial charge in [0.2, 0.25) is 6.29 Å². The highest BCUT2D eigenvalue weighted by Gasteiger charge is 2.18. The van der Waals surface area contributed by atoms with E-state index in [2.05, 4.69) is 30.9 Å². The van der Waals surface area contributed by atoms with Gasteiger partial charge in [-0.2, -0.15) is 0 Å². The third kappa shape index (κ3) is 5.50. The summed E-state index contributed by atoms with van der Waals surface area (Å²) in [5, 5.41) is 0. The molecule has 0 N–H and O–H groups in total. The van der Waals surface area contributed by atoms with Crippen LogP contribution in [0.5, 0.6) is 0 Å². The monoisotopic (exact) mass is 368 g/mol. The fourth-order valence-corrected chi connectivity index (χ4v) is 2.73. The van der Waals surface area contributed by atoms with Crippen LogP contribution in [0.15, 0.2) is 54.6 Å². The molecule has 0 radical (unpaired) electrons. The van der Waals surface area contributed by atoms with Gasteiger partial charge in [0.25, 0.3) is 0 Å². The van der Waals surface area contributed by atoms with Gasteiger partial charge in [-0.15, -0.1) is 0 Å². The predicted octanol–water partition coefficient (Wildman–Crippen LogP) is 5.33. The van der Waals surface area contributed by atoms with Crippen molar-refractivity contribution in [2.24, 2.45) is 5.92 Å². The summed E-state index contributed by atoms with van der Waals surface area (Å²) < 4.78 is 37.7. The lowest BCUT2D eigenvalue weighted by Crippen LogP contribution is -2.30. The van der Waals surface area contributed by atoms with Crippen LogP contribution < -0.4 is 0 Å². The van der Waals surface area contributed by atoms with E-state index >= 15 is 0 Å². The predicted molar refractivity (Wildman–Crippen MR) is 102 cm³/mol. The van der Waals surface area contributed by atoms with E-state index < -0.39 is 17.9 Å². The van der Waals surface area contributed by atoms with E-state index in [4.69, 9.17) is 9.47 Å². The summed E-state index contributed by atoms with van der Waals surface area (Å²) in [5.74, 6) is 4.58. The highest BCUT2D eigenvalue weighted by molar-refractivity contribution is 5.64. The Balaban J connectivity index is 1.57. The summed E-state index contributed by atoms with van der Waals surface area (Å²) in [6.07, 6.45) is 5.99. The molecule has 2 aromatic rings. The molecule has 0 spiro atoms. The number of benzene rings is 2. The van der Waals surface area contributed by atoms with Crippen molar-refractivity contribution in [1.29, 1.82) is 0 Å². The van der Waals surface area contributed by atoms with Crippen LogP contribution in [0.2, 0.25) is 0 Å². The fourth-order valence-electron chi connectivity index (χ4n) is 2.73.